The van der Waals surface area contributed by atoms with Crippen LogP contribution in [-0.4, -0.2) is 11.8 Å². The van der Waals surface area contributed by atoms with Gasteiger partial charge in [0.2, 0.25) is 0 Å². The van der Waals surface area contributed by atoms with Gasteiger partial charge in [0, 0.05) is 10.5 Å². The number of hydrogen-bond donors (Lipinski definition) is 0. The molecule has 1 rings (SSSR count). The Morgan fingerprint density at radius 1 is 1.50 bits per heavy atom. The number of rotatable bonds is 3. The summed E-state index contributed by atoms with van der Waals surface area (Å²) in [4.78, 5) is 14.0. The first kappa shape index (κ1) is 10.2. The third kappa shape index (κ3) is 2.31. The van der Waals surface area contributed by atoms with Crippen LogP contribution in [0.4, 0.5) is 4.39 Å². The lowest BCUT2D eigenvalue weighted by Gasteiger charge is -2.02. The molecule has 4 nitrogen and oxygen atoms in total. The molecule has 72 valence electrons. The average molecular weight is 193 g/mol. The Labute approximate surface area is 80.0 Å². The second-order valence-electron chi connectivity index (χ2n) is 2.75. The van der Waals surface area contributed by atoms with Gasteiger partial charge in [0.1, 0.15) is 5.82 Å². The SMILES string of the molecule is CC(N=[N+]=[N-])C(=O)c1ccc(F)cc1. The summed E-state index contributed by atoms with van der Waals surface area (Å²) < 4.78 is 12.5. The van der Waals surface area contributed by atoms with Crippen LogP contribution in [0, 0.1) is 5.82 Å². The standard InChI is InChI=1S/C9H8FN3O/c1-6(12-13-11)9(14)7-2-4-8(10)5-3-7/h2-6H,1H3. The second-order valence-corrected chi connectivity index (χ2v) is 2.75. The van der Waals surface area contributed by atoms with E-state index in [9.17, 15) is 9.18 Å². The van der Waals surface area contributed by atoms with Gasteiger partial charge in [-0.05, 0) is 36.7 Å². The van der Waals surface area contributed by atoms with E-state index in [1.54, 1.807) is 0 Å². The van der Waals surface area contributed by atoms with Crippen LogP contribution in [0.25, 0.3) is 10.4 Å². The van der Waals surface area contributed by atoms with Crippen molar-refractivity contribution in [1.82, 2.24) is 0 Å². The maximum absolute atomic E-state index is 12.5. The van der Waals surface area contributed by atoms with Crippen LogP contribution in [0.15, 0.2) is 29.4 Å². The van der Waals surface area contributed by atoms with Gasteiger partial charge < -0.3 is 0 Å². The highest BCUT2D eigenvalue weighted by Crippen LogP contribution is 2.07. The van der Waals surface area contributed by atoms with Crippen LogP contribution in [0.1, 0.15) is 17.3 Å². The summed E-state index contributed by atoms with van der Waals surface area (Å²) in [5.74, 6) is -0.721. The molecule has 14 heavy (non-hydrogen) atoms. The van der Waals surface area contributed by atoms with E-state index in [1.807, 2.05) is 0 Å². The molecular weight excluding hydrogens is 185 g/mol. The summed E-state index contributed by atoms with van der Waals surface area (Å²) in [7, 11) is 0. The summed E-state index contributed by atoms with van der Waals surface area (Å²) in [6, 6.07) is 4.35. The normalized spacial score (nSPS) is 11.6. The third-order valence-electron chi connectivity index (χ3n) is 1.73. The Hall–Kier alpha value is -1.87. The van der Waals surface area contributed by atoms with Gasteiger partial charge in [-0.2, -0.15) is 0 Å². The molecular formula is C9H8FN3O. The minimum absolute atomic E-state index is 0.317. The Kier molecular flexibility index (Phi) is 3.20. The van der Waals surface area contributed by atoms with Crippen LogP contribution in [-0.2, 0) is 0 Å². The van der Waals surface area contributed by atoms with Crippen LogP contribution >= 0.6 is 0 Å². The quantitative estimate of drug-likeness (QED) is 0.315. The molecule has 0 N–H and O–H groups in total. The van der Waals surface area contributed by atoms with E-state index < -0.39 is 11.9 Å². The maximum atomic E-state index is 12.5. The van der Waals surface area contributed by atoms with Crippen molar-refractivity contribution in [1.29, 1.82) is 0 Å². The van der Waals surface area contributed by atoms with Gasteiger partial charge in [0.25, 0.3) is 0 Å². The predicted molar refractivity (Wildman–Crippen MR) is 49.3 cm³/mol. The van der Waals surface area contributed by atoms with Crippen molar-refractivity contribution in [2.75, 3.05) is 0 Å². The smallest absolute Gasteiger partial charge is 0.171 e. The highest BCUT2D eigenvalue weighted by Gasteiger charge is 2.12. The fourth-order valence-corrected chi connectivity index (χ4v) is 0.985. The van der Waals surface area contributed by atoms with E-state index in [0.717, 1.165) is 0 Å². The molecule has 0 aromatic heterocycles. The van der Waals surface area contributed by atoms with Gasteiger partial charge in [0.15, 0.2) is 5.78 Å². The zero-order chi connectivity index (χ0) is 10.6. The lowest BCUT2D eigenvalue weighted by atomic mass is 10.1. The number of nitrogens with zero attached hydrogens (tertiary/aromatic N) is 3. The first-order valence-corrected chi connectivity index (χ1v) is 3.99. The number of carbonyl (C=O) groups excluding carboxylic acids is 1. The summed E-state index contributed by atoms with van der Waals surface area (Å²) >= 11 is 0. The molecule has 0 aliphatic rings. The highest BCUT2D eigenvalue weighted by atomic mass is 19.1. The molecule has 0 fully saturated rings. The summed E-state index contributed by atoms with van der Waals surface area (Å²) in [5.41, 5.74) is 8.46. The lowest BCUT2D eigenvalue weighted by Crippen LogP contribution is -2.13. The summed E-state index contributed by atoms with van der Waals surface area (Å²) in [6.45, 7) is 1.49. The number of carbonyl (C=O) groups is 1. The van der Waals surface area contributed by atoms with E-state index in [-0.39, 0.29) is 5.78 Å². The Bertz CT molecular complexity index is 382. The molecule has 1 aromatic carbocycles. The maximum Gasteiger partial charge on any atom is 0.171 e. The zero-order valence-corrected chi connectivity index (χ0v) is 7.51. The molecule has 0 spiro atoms. The second kappa shape index (κ2) is 4.39. The first-order chi connectivity index (χ1) is 6.65. The van der Waals surface area contributed by atoms with Crippen LogP contribution in [0.3, 0.4) is 0 Å². The molecule has 1 unspecified atom stereocenters. The number of azide groups is 1. The van der Waals surface area contributed by atoms with Crippen molar-refractivity contribution in [3.8, 4) is 0 Å². The van der Waals surface area contributed by atoms with Gasteiger partial charge in [-0.1, -0.05) is 5.11 Å². The average Bonchev–Trinajstić information content (AvgIpc) is 2.18. The Morgan fingerprint density at radius 2 is 2.07 bits per heavy atom. The molecule has 0 saturated carbocycles. The van der Waals surface area contributed by atoms with Gasteiger partial charge in [-0.15, -0.1) is 0 Å². The molecule has 1 aromatic rings. The van der Waals surface area contributed by atoms with Gasteiger partial charge in [-0.3, -0.25) is 4.79 Å². The molecule has 1 atom stereocenters. The van der Waals surface area contributed by atoms with E-state index in [2.05, 4.69) is 10.0 Å². The third-order valence-corrected chi connectivity index (χ3v) is 1.73. The van der Waals surface area contributed by atoms with Gasteiger partial charge >= 0.3 is 0 Å². The van der Waals surface area contributed by atoms with E-state index in [1.165, 1.54) is 31.2 Å². The molecule has 5 heteroatoms. The minimum atomic E-state index is -0.759. The van der Waals surface area contributed by atoms with Crippen LogP contribution < -0.4 is 0 Å². The van der Waals surface area contributed by atoms with Crippen molar-refractivity contribution in [2.45, 2.75) is 13.0 Å². The van der Waals surface area contributed by atoms with Crippen LogP contribution in [0.2, 0.25) is 0 Å². The van der Waals surface area contributed by atoms with Gasteiger partial charge in [0.05, 0.1) is 6.04 Å². The van der Waals surface area contributed by atoms with E-state index >= 15 is 0 Å². The number of Topliss-reactive ketones (excluding diaryl/α,β-unsaturated/α-hetero) is 1. The Balaban J connectivity index is 2.89. The fourth-order valence-electron chi connectivity index (χ4n) is 0.985. The number of ketones is 1. The molecule has 0 aliphatic carbocycles. The van der Waals surface area contributed by atoms with Crippen molar-refractivity contribution in [2.24, 2.45) is 5.11 Å². The molecule has 0 radical (unpaired) electrons. The van der Waals surface area contributed by atoms with Crippen molar-refractivity contribution >= 4 is 5.78 Å². The fraction of sp³-hybridized carbons (Fsp3) is 0.222. The van der Waals surface area contributed by atoms with Crippen LogP contribution in [0.5, 0.6) is 0 Å². The topological polar surface area (TPSA) is 65.8 Å². The minimum Gasteiger partial charge on any atom is -0.294 e. The first-order valence-electron chi connectivity index (χ1n) is 3.99. The van der Waals surface area contributed by atoms with E-state index in [0.29, 0.717) is 5.56 Å². The molecule has 0 heterocycles. The van der Waals surface area contributed by atoms with Crippen molar-refractivity contribution in [3.05, 3.63) is 46.1 Å². The molecule has 0 saturated heterocycles. The summed E-state index contributed by atoms with van der Waals surface area (Å²) in [6.07, 6.45) is 0. The largest absolute Gasteiger partial charge is 0.294 e. The molecule has 0 amide bonds. The molecule has 0 bridgehead atoms. The number of halogens is 1. The monoisotopic (exact) mass is 193 g/mol. The predicted octanol–water partition coefficient (Wildman–Crippen LogP) is 2.71. The van der Waals surface area contributed by atoms with E-state index in [4.69, 9.17) is 5.53 Å². The number of hydrogen-bond acceptors (Lipinski definition) is 2. The molecule has 0 aliphatic heterocycles. The van der Waals surface area contributed by atoms with Gasteiger partial charge in [-0.25, -0.2) is 4.39 Å². The van der Waals surface area contributed by atoms with Crippen molar-refractivity contribution < 1.29 is 9.18 Å². The Morgan fingerprint density at radius 3 is 2.57 bits per heavy atom. The lowest BCUT2D eigenvalue weighted by molar-refractivity contribution is 0.0968. The zero-order valence-electron chi connectivity index (χ0n) is 7.51. The summed E-state index contributed by atoms with van der Waals surface area (Å²) in [5, 5.41) is 3.26. The van der Waals surface area contributed by atoms with Crippen molar-refractivity contribution in [3.63, 3.8) is 0 Å². The highest BCUT2D eigenvalue weighted by molar-refractivity contribution is 5.99. The number of benzene rings is 1.